The predicted octanol–water partition coefficient (Wildman–Crippen LogP) is 3.93. The molecule has 0 bridgehead atoms. The molecule has 0 aromatic carbocycles. The van der Waals surface area contributed by atoms with Crippen LogP contribution >= 0.6 is 23.1 Å². The van der Waals surface area contributed by atoms with Crippen LogP contribution in [-0.4, -0.2) is 20.0 Å². The molecule has 1 aliphatic rings. The number of thioether (sulfide) groups is 1. The molecule has 1 aliphatic carbocycles. The van der Waals surface area contributed by atoms with E-state index in [1.54, 1.807) is 0 Å². The molecule has 2 aromatic heterocycles. The van der Waals surface area contributed by atoms with E-state index < -0.39 is 0 Å². The molecular formula is C14H19N3S2. The first kappa shape index (κ1) is 13.2. The summed E-state index contributed by atoms with van der Waals surface area (Å²) in [6, 6.07) is 4.32. The van der Waals surface area contributed by atoms with Gasteiger partial charge in [-0.3, -0.25) is 0 Å². The fourth-order valence-electron chi connectivity index (χ4n) is 2.54. The van der Waals surface area contributed by atoms with Gasteiger partial charge in [0.15, 0.2) is 5.16 Å². The summed E-state index contributed by atoms with van der Waals surface area (Å²) >= 11 is 3.76. The summed E-state index contributed by atoms with van der Waals surface area (Å²) in [5.74, 6) is 1.04. The van der Waals surface area contributed by atoms with Gasteiger partial charge in [-0.1, -0.05) is 30.7 Å². The first-order valence-corrected chi connectivity index (χ1v) is 8.68. The Balaban J connectivity index is 1.67. The molecule has 19 heavy (non-hydrogen) atoms. The highest BCUT2D eigenvalue weighted by Gasteiger charge is 2.20. The fraction of sp³-hybridized carbons (Fsp3) is 0.571. The molecule has 0 spiro atoms. The molecule has 0 N–H and O–H groups in total. The maximum absolute atomic E-state index is 4.36. The van der Waals surface area contributed by atoms with Crippen LogP contribution in [-0.2, 0) is 13.0 Å². The van der Waals surface area contributed by atoms with Crippen LogP contribution in [0.3, 0.4) is 0 Å². The lowest BCUT2D eigenvalue weighted by Gasteiger charge is -2.10. The molecule has 1 fully saturated rings. The number of aromatic nitrogens is 3. The predicted molar refractivity (Wildman–Crippen MR) is 80.9 cm³/mol. The van der Waals surface area contributed by atoms with Gasteiger partial charge in [0.1, 0.15) is 5.82 Å². The molecule has 0 saturated heterocycles. The topological polar surface area (TPSA) is 30.7 Å². The number of thiophene rings is 1. The first-order valence-electron chi connectivity index (χ1n) is 6.92. The number of rotatable bonds is 5. The van der Waals surface area contributed by atoms with E-state index in [1.807, 2.05) is 23.1 Å². The van der Waals surface area contributed by atoms with Crippen LogP contribution in [0, 0.1) is 6.92 Å². The van der Waals surface area contributed by atoms with Crippen molar-refractivity contribution in [2.45, 2.75) is 56.0 Å². The quantitative estimate of drug-likeness (QED) is 0.837. The highest BCUT2D eigenvalue weighted by atomic mass is 32.2. The van der Waals surface area contributed by atoms with Crippen molar-refractivity contribution in [3.05, 3.63) is 28.2 Å². The number of hydrogen-bond donors (Lipinski definition) is 0. The van der Waals surface area contributed by atoms with Crippen LogP contribution in [0.25, 0.3) is 0 Å². The van der Waals surface area contributed by atoms with Crippen LogP contribution in [0.4, 0.5) is 0 Å². The summed E-state index contributed by atoms with van der Waals surface area (Å²) in [4.78, 5) is 1.44. The van der Waals surface area contributed by atoms with Gasteiger partial charge in [0, 0.05) is 16.7 Å². The standard InChI is InChI=1S/C14H19N3S2/c1-11-15-16-14(19-13-5-2-3-6-13)17(11)9-8-12-7-4-10-18-12/h4,7,10,13H,2-3,5-6,8-9H2,1H3. The van der Waals surface area contributed by atoms with Crippen LogP contribution in [0.5, 0.6) is 0 Å². The molecule has 0 amide bonds. The van der Waals surface area contributed by atoms with Gasteiger partial charge >= 0.3 is 0 Å². The van der Waals surface area contributed by atoms with Crippen molar-refractivity contribution < 1.29 is 0 Å². The van der Waals surface area contributed by atoms with Gasteiger partial charge < -0.3 is 4.57 Å². The van der Waals surface area contributed by atoms with E-state index in [1.165, 1.54) is 30.6 Å². The lowest BCUT2D eigenvalue weighted by atomic mass is 10.3. The second-order valence-corrected chi connectivity index (χ2v) is 7.33. The smallest absolute Gasteiger partial charge is 0.191 e. The summed E-state index contributed by atoms with van der Waals surface area (Å²) in [5, 5.41) is 12.6. The average molecular weight is 293 g/mol. The zero-order valence-electron chi connectivity index (χ0n) is 11.2. The Bertz CT molecular complexity index is 513. The van der Waals surface area contributed by atoms with Gasteiger partial charge in [0.05, 0.1) is 0 Å². The maximum atomic E-state index is 4.36. The third-order valence-corrected chi connectivity index (χ3v) is 5.89. The maximum Gasteiger partial charge on any atom is 0.191 e. The molecule has 2 heterocycles. The molecule has 3 rings (SSSR count). The van der Waals surface area contributed by atoms with Crippen LogP contribution in [0.2, 0.25) is 0 Å². The van der Waals surface area contributed by atoms with E-state index >= 15 is 0 Å². The van der Waals surface area contributed by atoms with E-state index in [9.17, 15) is 0 Å². The third kappa shape index (κ3) is 3.20. The first-order chi connectivity index (χ1) is 9.33. The van der Waals surface area contributed by atoms with Crippen LogP contribution < -0.4 is 0 Å². The second kappa shape index (κ2) is 6.09. The molecule has 3 nitrogen and oxygen atoms in total. The Morgan fingerprint density at radius 1 is 1.37 bits per heavy atom. The van der Waals surface area contributed by atoms with Crippen LogP contribution in [0.15, 0.2) is 22.7 Å². The van der Waals surface area contributed by atoms with E-state index in [0.29, 0.717) is 0 Å². The Hall–Kier alpha value is -0.810. The summed E-state index contributed by atoms with van der Waals surface area (Å²) in [7, 11) is 0. The summed E-state index contributed by atoms with van der Waals surface area (Å²) in [6.07, 6.45) is 6.50. The zero-order chi connectivity index (χ0) is 13.1. The van der Waals surface area contributed by atoms with E-state index in [-0.39, 0.29) is 0 Å². The highest BCUT2D eigenvalue weighted by Crippen LogP contribution is 2.34. The van der Waals surface area contributed by atoms with E-state index in [4.69, 9.17) is 0 Å². The molecule has 1 saturated carbocycles. The van der Waals surface area contributed by atoms with Gasteiger partial charge in [-0.25, -0.2) is 0 Å². The Morgan fingerprint density at radius 2 is 2.21 bits per heavy atom. The van der Waals surface area contributed by atoms with Crippen molar-refractivity contribution in [1.29, 1.82) is 0 Å². The van der Waals surface area contributed by atoms with Gasteiger partial charge in [-0.05, 0) is 37.6 Å². The van der Waals surface area contributed by atoms with Crippen molar-refractivity contribution in [2.24, 2.45) is 0 Å². The van der Waals surface area contributed by atoms with Crippen molar-refractivity contribution in [2.75, 3.05) is 0 Å². The van der Waals surface area contributed by atoms with Gasteiger partial charge in [0.25, 0.3) is 0 Å². The molecule has 2 aromatic rings. The second-order valence-electron chi connectivity index (χ2n) is 5.04. The van der Waals surface area contributed by atoms with E-state index in [0.717, 1.165) is 29.2 Å². The fourth-order valence-corrected chi connectivity index (χ4v) is 4.54. The minimum absolute atomic E-state index is 0.754. The molecule has 0 radical (unpaired) electrons. The SMILES string of the molecule is Cc1nnc(SC2CCCC2)n1CCc1cccs1. The van der Waals surface area contributed by atoms with E-state index in [2.05, 4.69) is 39.2 Å². The van der Waals surface area contributed by atoms with Gasteiger partial charge in [-0.15, -0.1) is 21.5 Å². The van der Waals surface area contributed by atoms with Crippen molar-refractivity contribution >= 4 is 23.1 Å². The molecule has 5 heteroatoms. The normalized spacial score (nSPS) is 16.3. The molecule has 0 aliphatic heterocycles. The zero-order valence-corrected chi connectivity index (χ0v) is 12.8. The third-order valence-electron chi connectivity index (χ3n) is 3.64. The summed E-state index contributed by atoms with van der Waals surface area (Å²) in [5.41, 5.74) is 0. The highest BCUT2D eigenvalue weighted by molar-refractivity contribution is 7.99. The average Bonchev–Trinajstić information content (AvgIpc) is 3.12. The number of aryl methyl sites for hydroxylation is 2. The minimum Gasteiger partial charge on any atom is -0.306 e. The Kier molecular flexibility index (Phi) is 4.23. The minimum atomic E-state index is 0.754. The number of hydrogen-bond acceptors (Lipinski definition) is 4. The Morgan fingerprint density at radius 3 is 2.95 bits per heavy atom. The molecule has 0 atom stereocenters. The molecule has 0 unspecified atom stereocenters. The number of nitrogens with zero attached hydrogens (tertiary/aromatic N) is 3. The summed E-state index contributed by atoms with van der Waals surface area (Å²) < 4.78 is 2.28. The van der Waals surface area contributed by atoms with Crippen molar-refractivity contribution in [1.82, 2.24) is 14.8 Å². The van der Waals surface area contributed by atoms with Crippen molar-refractivity contribution in [3.8, 4) is 0 Å². The lowest BCUT2D eigenvalue weighted by molar-refractivity contribution is 0.619. The summed E-state index contributed by atoms with van der Waals surface area (Å²) in [6.45, 7) is 3.05. The van der Waals surface area contributed by atoms with Gasteiger partial charge in [0.2, 0.25) is 0 Å². The molecular weight excluding hydrogens is 274 g/mol. The Labute approximate surface area is 122 Å². The lowest BCUT2D eigenvalue weighted by Crippen LogP contribution is -2.06. The molecule has 102 valence electrons. The van der Waals surface area contributed by atoms with Crippen LogP contribution in [0.1, 0.15) is 36.4 Å². The monoisotopic (exact) mass is 293 g/mol. The van der Waals surface area contributed by atoms with Crippen molar-refractivity contribution in [3.63, 3.8) is 0 Å². The van der Waals surface area contributed by atoms with Gasteiger partial charge in [-0.2, -0.15) is 0 Å². The largest absolute Gasteiger partial charge is 0.306 e.